The maximum Gasteiger partial charge on any atom is 0.263 e. The van der Waals surface area contributed by atoms with Crippen molar-refractivity contribution >= 4 is 45.3 Å². The number of nitrogens with one attached hydrogen (secondary N) is 2. The highest BCUT2D eigenvalue weighted by Crippen LogP contribution is 2.23. The average molecular weight is 450 g/mol. The number of sulfonamides is 1. The molecule has 0 saturated carbocycles. The Hall–Kier alpha value is -1.97. The van der Waals surface area contributed by atoms with Gasteiger partial charge in [-0.3, -0.25) is 14.5 Å². The number of thioether (sulfide) groups is 2. The number of carbonyl (C=O) groups excluding carboxylic acids is 1. The van der Waals surface area contributed by atoms with Gasteiger partial charge in [0.25, 0.3) is 10.0 Å². The van der Waals surface area contributed by atoms with E-state index in [2.05, 4.69) is 15.0 Å². The molecule has 0 unspecified atom stereocenters. The van der Waals surface area contributed by atoms with Crippen molar-refractivity contribution in [2.45, 2.75) is 22.3 Å². The maximum atomic E-state index is 12.7. The summed E-state index contributed by atoms with van der Waals surface area (Å²) < 4.78 is 27.0. The molecule has 2 aromatic carbocycles. The first kappa shape index (κ1) is 21.7. The number of benzene rings is 2. The minimum Gasteiger partial charge on any atom is -0.353 e. The molecule has 1 amide bonds. The second-order valence-corrected chi connectivity index (χ2v) is 10.1. The van der Waals surface area contributed by atoms with Gasteiger partial charge >= 0.3 is 0 Å². The van der Waals surface area contributed by atoms with Crippen LogP contribution < -0.4 is 10.0 Å². The lowest BCUT2D eigenvalue weighted by atomic mass is 10.2. The Labute approximate surface area is 180 Å². The van der Waals surface area contributed by atoms with Gasteiger partial charge in [0.1, 0.15) is 11.9 Å². The first-order chi connectivity index (χ1) is 14.0. The van der Waals surface area contributed by atoms with Crippen LogP contribution in [0.25, 0.3) is 0 Å². The van der Waals surface area contributed by atoms with Crippen LogP contribution in [0.5, 0.6) is 0 Å². The summed E-state index contributed by atoms with van der Waals surface area (Å²) in [5.41, 5.74) is 0.508. The highest BCUT2D eigenvalue weighted by atomic mass is 32.2. The number of fused-ring (bicyclic) bond motifs is 1. The first-order valence-corrected chi connectivity index (χ1v) is 13.0. The number of nitrogens with zero attached hydrogens (tertiary/aromatic N) is 1. The molecule has 2 N–H and O–H groups in total. The van der Waals surface area contributed by atoms with Crippen molar-refractivity contribution in [2.24, 2.45) is 4.99 Å². The monoisotopic (exact) mass is 449 g/mol. The molecule has 0 radical (unpaired) electrons. The van der Waals surface area contributed by atoms with E-state index in [0.29, 0.717) is 18.5 Å². The number of carbonyl (C=O) groups is 1. The van der Waals surface area contributed by atoms with Crippen LogP contribution in [0.1, 0.15) is 12.0 Å². The molecule has 154 valence electrons. The topological polar surface area (TPSA) is 87.6 Å². The largest absolute Gasteiger partial charge is 0.353 e. The van der Waals surface area contributed by atoms with Gasteiger partial charge in [-0.15, -0.1) is 11.8 Å². The van der Waals surface area contributed by atoms with Crippen molar-refractivity contribution in [3.05, 3.63) is 60.2 Å². The molecule has 1 atom stereocenters. The number of aliphatic imine (C=N–C) groups is 1. The maximum absolute atomic E-state index is 12.7. The van der Waals surface area contributed by atoms with Gasteiger partial charge in [-0.2, -0.15) is 11.8 Å². The zero-order valence-corrected chi connectivity index (χ0v) is 18.4. The van der Waals surface area contributed by atoms with Gasteiger partial charge in [0.2, 0.25) is 5.91 Å². The summed E-state index contributed by atoms with van der Waals surface area (Å²) in [7, 11) is -3.62. The first-order valence-electron chi connectivity index (χ1n) is 9.16. The van der Waals surface area contributed by atoms with Crippen LogP contribution in [-0.4, -0.2) is 50.5 Å². The summed E-state index contributed by atoms with van der Waals surface area (Å²) in [6, 6.07) is 16.0. The molecule has 0 saturated heterocycles. The van der Waals surface area contributed by atoms with E-state index in [9.17, 15) is 13.2 Å². The second-order valence-electron chi connectivity index (χ2n) is 6.33. The molecule has 0 fully saturated rings. The SMILES string of the molecule is CSCC[C@H](N=C1NS(=O)(=O)c2ccccc21)C(=O)NCCSc1ccccc1. The van der Waals surface area contributed by atoms with Crippen LogP contribution in [0, 0.1) is 0 Å². The van der Waals surface area contributed by atoms with E-state index < -0.39 is 16.1 Å². The number of amidine groups is 1. The van der Waals surface area contributed by atoms with E-state index >= 15 is 0 Å². The Bertz CT molecular complexity index is 979. The normalized spacial score (nSPS) is 16.8. The van der Waals surface area contributed by atoms with E-state index in [4.69, 9.17) is 0 Å². The molecule has 1 aliphatic rings. The van der Waals surface area contributed by atoms with E-state index in [0.717, 1.165) is 16.4 Å². The lowest BCUT2D eigenvalue weighted by Gasteiger charge is -2.14. The quantitative estimate of drug-likeness (QED) is 0.454. The lowest BCUT2D eigenvalue weighted by molar-refractivity contribution is -0.122. The van der Waals surface area contributed by atoms with Crippen molar-refractivity contribution in [2.75, 3.05) is 24.3 Å². The summed E-state index contributed by atoms with van der Waals surface area (Å²) >= 11 is 3.29. The number of rotatable bonds is 9. The van der Waals surface area contributed by atoms with Crippen LogP contribution in [-0.2, 0) is 14.8 Å². The van der Waals surface area contributed by atoms with Crippen molar-refractivity contribution < 1.29 is 13.2 Å². The molecule has 29 heavy (non-hydrogen) atoms. The third kappa shape index (κ3) is 5.77. The van der Waals surface area contributed by atoms with Gasteiger partial charge < -0.3 is 5.32 Å². The Morgan fingerprint density at radius 1 is 1.10 bits per heavy atom. The third-order valence-corrected chi connectivity index (χ3v) is 7.31. The Balaban J connectivity index is 1.66. The van der Waals surface area contributed by atoms with Crippen LogP contribution >= 0.6 is 23.5 Å². The van der Waals surface area contributed by atoms with Crippen LogP contribution in [0.4, 0.5) is 0 Å². The molecule has 1 heterocycles. The smallest absolute Gasteiger partial charge is 0.263 e. The van der Waals surface area contributed by atoms with Crippen LogP contribution in [0.15, 0.2) is 69.4 Å². The van der Waals surface area contributed by atoms with Gasteiger partial charge in [-0.1, -0.05) is 30.3 Å². The number of amides is 1. The fourth-order valence-electron chi connectivity index (χ4n) is 2.85. The Morgan fingerprint density at radius 2 is 1.83 bits per heavy atom. The molecule has 0 aromatic heterocycles. The molecule has 0 spiro atoms. The molecule has 0 aliphatic carbocycles. The molecular weight excluding hydrogens is 426 g/mol. The highest BCUT2D eigenvalue weighted by molar-refractivity contribution is 7.99. The van der Waals surface area contributed by atoms with Crippen LogP contribution in [0.3, 0.4) is 0 Å². The predicted molar refractivity (Wildman–Crippen MR) is 120 cm³/mol. The lowest BCUT2D eigenvalue weighted by Crippen LogP contribution is -2.37. The zero-order valence-electron chi connectivity index (χ0n) is 16.0. The highest BCUT2D eigenvalue weighted by Gasteiger charge is 2.31. The summed E-state index contributed by atoms with van der Waals surface area (Å²) in [6.45, 7) is 0.515. The summed E-state index contributed by atoms with van der Waals surface area (Å²) in [5.74, 6) is 1.54. The predicted octanol–water partition coefficient (Wildman–Crippen LogP) is 2.76. The molecule has 0 bridgehead atoms. The Kier molecular flexibility index (Phi) is 7.63. The van der Waals surface area contributed by atoms with Gasteiger partial charge in [-0.05, 0) is 42.7 Å². The van der Waals surface area contributed by atoms with Gasteiger partial charge in [-0.25, -0.2) is 8.42 Å². The molecule has 3 rings (SSSR count). The zero-order chi connectivity index (χ0) is 20.7. The van der Waals surface area contributed by atoms with Gasteiger partial charge in [0.15, 0.2) is 0 Å². The van der Waals surface area contributed by atoms with Crippen LogP contribution in [0.2, 0.25) is 0 Å². The van der Waals surface area contributed by atoms with E-state index in [-0.39, 0.29) is 16.6 Å². The molecule has 6 nitrogen and oxygen atoms in total. The fourth-order valence-corrected chi connectivity index (χ4v) is 5.33. The summed E-state index contributed by atoms with van der Waals surface area (Å²) in [6.07, 6.45) is 2.50. The fraction of sp³-hybridized carbons (Fsp3) is 0.300. The molecule has 9 heteroatoms. The van der Waals surface area contributed by atoms with Crippen molar-refractivity contribution in [3.8, 4) is 0 Å². The van der Waals surface area contributed by atoms with Crippen molar-refractivity contribution in [1.29, 1.82) is 0 Å². The number of hydrogen-bond donors (Lipinski definition) is 2. The summed E-state index contributed by atoms with van der Waals surface area (Å²) in [4.78, 5) is 18.5. The second kappa shape index (κ2) is 10.2. The molecule has 1 aliphatic heterocycles. The van der Waals surface area contributed by atoms with E-state index in [1.165, 1.54) is 6.07 Å². The average Bonchev–Trinajstić information content (AvgIpc) is 2.99. The molecular formula is C20H23N3O3S3. The molecule has 2 aromatic rings. The van der Waals surface area contributed by atoms with Crippen molar-refractivity contribution in [1.82, 2.24) is 10.0 Å². The van der Waals surface area contributed by atoms with E-state index in [1.807, 2.05) is 36.6 Å². The van der Waals surface area contributed by atoms with Gasteiger partial charge in [0.05, 0.1) is 4.90 Å². The third-order valence-electron chi connectivity index (χ3n) is 4.26. The Morgan fingerprint density at radius 3 is 2.59 bits per heavy atom. The number of hydrogen-bond acceptors (Lipinski definition) is 6. The standard InChI is InChI=1S/C20H23N3O3S3/c1-27-13-11-17(20(24)21-12-14-28-15-7-3-2-4-8-15)22-19-16-9-5-6-10-18(16)29(25,26)23-19/h2-10,17H,11-14H2,1H3,(H,21,24)(H,22,23)/t17-/m0/s1. The minimum absolute atomic E-state index is 0.191. The summed E-state index contributed by atoms with van der Waals surface area (Å²) in [5, 5.41) is 2.93. The van der Waals surface area contributed by atoms with E-state index in [1.54, 1.807) is 41.7 Å². The van der Waals surface area contributed by atoms with Gasteiger partial charge in [0, 0.05) is 22.8 Å². The van der Waals surface area contributed by atoms with Crippen molar-refractivity contribution in [3.63, 3.8) is 0 Å². The minimum atomic E-state index is -3.62.